The van der Waals surface area contributed by atoms with Crippen molar-refractivity contribution in [3.8, 4) is 0 Å². The molecule has 1 aliphatic rings. The largest absolute Gasteiger partial charge is 0.333 e. The molecule has 0 radical (unpaired) electrons. The highest BCUT2D eigenvalue weighted by atomic mass is 32.1. The predicted octanol–water partition coefficient (Wildman–Crippen LogP) is 2.43. The zero-order valence-corrected chi connectivity index (χ0v) is 13.2. The van der Waals surface area contributed by atoms with Gasteiger partial charge >= 0.3 is 0 Å². The number of likely N-dealkylation sites (tertiary alicyclic amines) is 1. The highest BCUT2D eigenvalue weighted by molar-refractivity contribution is 7.10. The number of hydrogen-bond donors (Lipinski definition) is 0. The third-order valence-electron chi connectivity index (χ3n) is 4.25. The Bertz CT molecular complexity index is 917. The Labute approximate surface area is 136 Å². The van der Waals surface area contributed by atoms with Gasteiger partial charge in [0.15, 0.2) is 0 Å². The van der Waals surface area contributed by atoms with E-state index in [1.165, 1.54) is 15.8 Å². The van der Waals surface area contributed by atoms with Crippen molar-refractivity contribution >= 4 is 28.1 Å². The van der Waals surface area contributed by atoms with Crippen LogP contribution in [0.4, 0.5) is 0 Å². The summed E-state index contributed by atoms with van der Waals surface area (Å²) in [4.78, 5) is 32.3. The van der Waals surface area contributed by atoms with Crippen molar-refractivity contribution in [2.45, 2.75) is 19.0 Å². The SMILES string of the molecule is O=C(Cn1cnc2ccccc2c1=O)N1CC[C@@H]1c1cccs1. The first-order valence-corrected chi connectivity index (χ1v) is 8.39. The third kappa shape index (κ3) is 2.45. The molecule has 1 aliphatic heterocycles. The van der Waals surface area contributed by atoms with Crippen LogP contribution in [0.15, 0.2) is 52.9 Å². The molecule has 1 amide bonds. The maximum Gasteiger partial charge on any atom is 0.261 e. The summed E-state index contributed by atoms with van der Waals surface area (Å²) in [5.41, 5.74) is 0.485. The second kappa shape index (κ2) is 5.62. The number of carbonyl (C=O) groups is 1. The average molecular weight is 325 g/mol. The molecule has 0 spiro atoms. The highest BCUT2D eigenvalue weighted by Crippen LogP contribution is 2.35. The van der Waals surface area contributed by atoms with E-state index in [0.717, 1.165) is 13.0 Å². The van der Waals surface area contributed by atoms with Gasteiger partial charge in [-0.25, -0.2) is 4.98 Å². The zero-order valence-electron chi connectivity index (χ0n) is 12.4. The summed E-state index contributed by atoms with van der Waals surface area (Å²) in [6, 6.07) is 11.4. The number of thiophene rings is 1. The Morgan fingerprint density at radius 1 is 1.26 bits per heavy atom. The van der Waals surface area contributed by atoms with Crippen LogP contribution >= 0.6 is 11.3 Å². The van der Waals surface area contributed by atoms with Crippen LogP contribution in [0.3, 0.4) is 0 Å². The molecule has 1 saturated heterocycles. The summed E-state index contributed by atoms with van der Waals surface area (Å²) in [5, 5.41) is 2.56. The van der Waals surface area contributed by atoms with Gasteiger partial charge in [0.1, 0.15) is 6.54 Å². The van der Waals surface area contributed by atoms with Crippen molar-refractivity contribution in [2.24, 2.45) is 0 Å². The summed E-state index contributed by atoms with van der Waals surface area (Å²) < 4.78 is 1.40. The van der Waals surface area contributed by atoms with Crippen LogP contribution < -0.4 is 5.56 Å². The number of carbonyl (C=O) groups excluding carboxylic acids is 1. The standard InChI is InChI=1S/C17H15N3O2S/c21-16(20-8-7-14(20)15-6-3-9-23-15)10-19-11-18-13-5-2-1-4-12(13)17(19)22/h1-6,9,11,14H,7-8,10H2/t14-/m1/s1. The lowest BCUT2D eigenvalue weighted by Gasteiger charge is -2.40. The molecule has 0 N–H and O–H groups in total. The van der Waals surface area contributed by atoms with Gasteiger partial charge in [-0.05, 0) is 30.0 Å². The molecule has 3 aromatic rings. The van der Waals surface area contributed by atoms with E-state index in [9.17, 15) is 9.59 Å². The molecule has 0 bridgehead atoms. The number of para-hydroxylation sites is 1. The summed E-state index contributed by atoms with van der Waals surface area (Å²) >= 11 is 1.66. The van der Waals surface area contributed by atoms with Crippen LogP contribution in [0.2, 0.25) is 0 Å². The summed E-state index contributed by atoms with van der Waals surface area (Å²) in [5.74, 6) is -0.0335. The normalized spacial score (nSPS) is 17.2. The molecule has 1 fully saturated rings. The second-order valence-electron chi connectivity index (χ2n) is 5.60. The van der Waals surface area contributed by atoms with Crippen molar-refractivity contribution in [1.29, 1.82) is 0 Å². The van der Waals surface area contributed by atoms with E-state index in [2.05, 4.69) is 11.1 Å². The number of nitrogens with zero attached hydrogens (tertiary/aromatic N) is 3. The molecule has 0 unspecified atom stereocenters. The fraction of sp³-hybridized carbons (Fsp3) is 0.235. The van der Waals surface area contributed by atoms with E-state index in [4.69, 9.17) is 0 Å². The Kier molecular flexibility index (Phi) is 3.46. The third-order valence-corrected chi connectivity index (χ3v) is 5.22. The molecule has 5 nitrogen and oxygen atoms in total. The van der Waals surface area contributed by atoms with Gasteiger partial charge in [0.2, 0.25) is 5.91 Å². The number of fused-ring (bicyclic) bond motifs is 1. The Morgan fingerprint density at radius 3 is 2.87 bits per heavy atom. The molecule has 0 saturated carbocycles. The van der Waals surface area contributed by atoms with Crippen LogP contribution in [0.5, 0.6) is 0 Å². The molecule has 4 rings (SSSR count). The zero-order chi connectivity index (χ0) is 15.8. The average Bonchev–Trinajstić information content (AvgIpc) is 3.03. The first-order chi connectivity index (χ1) is 11.2. The minimum absolute atomic E-state index is 0.0335. The fourth-order valence-corrected chi connectivity index (χ4v) is 3.79. The lowest BCUT2D eigenvalue weighted by atomic mass is 10.0. The van der Waals surface area contributed by atoms with Gasteiger partial charge in [-0.3, -0.25) is 14.2 Å². The minimum atomic E-state index is -0.169. The van der Waals surface area contributed by atoms with Crippen molar-refractivity contribution in [3.05, 3.63) is 63.3 Å². The molecule has 0 aliphatic carbocycles. The van der Waals surface area contributed by atoms with Gasteiger partial charge in [-0.15, -0.1) is 11.3 Å². The smallest absolute Gasteiger partial charge is 0.261 e. The van der Waals surface area contributed by atoms with E-state index in [1.54, 1.807) is 29.5 Å². The number of rotatable bonds is 3. The van der Waals surface area contributed by atoms with E-state index in [0.29, 0.717) is 10.9 Å². The molecule has 116 valence electrons. The van der Waals surface area contributed by atoms with Crippen molar-refractivity contribution in [2.75, 3.05) is 6.54 Å². The first-order valence-electron chi connectivity index (χ1n) is 7.51. The van der Waals surface area contributed by atoms with E-state index in [-0.39, 0.29) is 24.1 Å². The number of hydrogen-bond acceptors (Lipinski definition) is 4. The Hall–Kier alpha value is -2.47. The van der Waals surface area contributed by atoms with Crippen LogP contribution in [-0.4, -0.2) is 26.9 Å². The van der Waals surface area contributed by atoms with Gasteiger partial charge in [0, 0.05) is 11.4 Å². The fourth-order valence-electron chi connectivity index (χ4n) is 2.92. The number of benzene rings is 1. The van der Waals surface area contributed by atoms with Crippen molar-refractivity contribution in [1.82, 2.24) is 14.5 Å². The minimum Gasteiger partial charge on any atom is -0.333 e. The second-order valence-corrected chi connectivity index (χ2v) is 6.58. The molecule has 2 aromatic heterocycles. The molecular formula is C17H15N3O2S. The molecule has 6 heteroatoms. The van der Waals surface area contributed by atoms with Crippen LogP contribution in [0.25, 0.3) is 10.9 Å². The number of amides is 1. The van der Waals surface area contributed by atoms with Gasteiger partial charge in [-0.2, -0.15) is 0 Å². The van der Waals surface area contributed by atoms with Crippen LogP contribution in [0.1, 0.15) is 17.3 Å². The van der Waals surface area contributed by atoms with Crippen molar-refractivity contribution < 1.29 is 4.79 Å². The summed E-state index contributed by atoms with van der Waals surface area (Å²) in [6.45, 7) is 0.787. The predicted molar refractivity (Wildman–Crippen MR) is 89.4 cm³/mol. The van der Waals surface area contributed by atoms with E-state index < -0.39 is 0 Å². The van der Waals surface area contributed by atoms with Gasteiger partial charge in [0.25, 0.3) is 5.56 Å². The molecule has 23 heavy (non-hydrogen) atoms. The van der Waals surface area contributed by atoms with E-state index >= 15 is 0 Å². The topological polar surface area (TPSA) is 55.2 Å². The van der Waals surface area contributed by atoms with Gasteiger partial charge in [0.05, 0.1) is 23.3 Å². The number of aromatic nitrogens is 2. The quantitative estimate of drug-likeness (QED) is 0.743. The first kappa shape index (κ1) is 14.1. The maximum absolute atomic E-state index is 12.5. The molecular weight excluding hydrogens is 310 g/mol. The Morgan fingerprint density at radius 2 is 2.13 bits per heavy atom. The van der Waals surface area contributed by atoms with Crippen molar-refractivity contribution in [3.63, 3.8) is 0 Å². The van der Waals surface area contributed by atoms with Gasteiger partial charge < -0.3 is 4.90 Å². The molecule has 1 atom stereocenters. The molecule has 3 heterocycles. The molecule has 1 aromatic carbocycles. The maximum atomic E-state index is 12.5. The lowest BCUT2D eigenvalue weighted by molar-refractivity contribution is -0.139. The monoisotopic (exact) mass is 325 g/mol. The van der Waals surface area contributed by atoms with E-state index in [1.807, 2.05) is 22.4 Å². The Balaban J connectivity index is 1.57. The van der Waals surface area contributed by atoms with Crippen LogP contribution in [0, 0.1) is 0 Å². The van der Waals surface area contributed by atoms with Crippen LogP contribution in [-0.2, 0) is 11.3 Å². The van der Waals surface area contributed by atoms with Gasteiger partial charge in [-0.1, -0.05) is 18.2 Å². The highest BCUT2D eigenvalue weighted by Gasteiger charge is 2.33. The lowest BCUT2D eigenvalue weighted by Crippen LogP contribution is -2.47. The summed E-state index contributed by atoms with van der Waals surface area (Å²) in [6.07, 6.45) is 2.44. The summed E-state index contributed by atoms with van der Waals surface area (Å²) in [7, 11) is 0.